The standard InChI is InChI=1S/C11H12ClFN2/c12-7-4-9-10(5-8(7)13)15-11(6-14-9)2-1-3-11/h4-5,14-15H,1-3,6H2. The molecular weight excluding hydrogens is 215 g/mol. The number of anilines is 2. The van der Waals surface area contributed by atoms with E-state index in [1.54, 1.807) is 6.07 Å². The molecule has 1 aromatic carbocycles. The Morgan fingerprint density at radius 2 is 2.07 bits per heavy atom. The smallest absolute Gasteiger partial charge is 0.143 e. The van der Waals surface area contributed by atoms with Gasteiger partial charge in [-0.2, -0.15) is 0 Å². The molecule has 2 N–H and O–H groups in total. The molecule has 0 radical (unpaired) electrons. The molecule has 80 valence electrons. The van der Waals surface area contributed by atoms with Crippen molar-refractivity contribution in [2.75, 3.05) is 17.2 Å². The Kier molecular flexibility index (Phi) is 1.87. The van der Waals surface area contributed by atoms with Crippen LogP contribution in [0, 0.1) is 5.82 Å². The Hall–Kier alpha value is -0.960. The lowest BCUT2D eigenvalue weighted by molar-refractivity contribution is 0.291. The highest BCUT2D eigenvalue weighted by Gasteiger charge is 2.39. The largest absolute Gasteiger partial charge is 0.381 e. The van der Waals surface area contributed by atoms with Gasteiger partial charge in [0.15, 0.2) is 0 Å². The van der Waals surface area contributed by atoms with Crippen molar-refractivity contribution < 1.29 is 4.39 Å². The Labute approximate surface area is 92.8 Å². The second kappa shape index (κ2) is 3.01. The molecule has 1 aromatic rings. The highest BCUT2D eigenvalue weighted by molar-refractivity contribution is 6.31. The molecule has 1 spiro atoms. The molecule has 4 heteroatoms. The maximum atomic E-state index is 13.3. The second-order valence-electron chi connectivity index (χ2n) is 4.42. The van der Waals surface area contributed by atoms with Crippen molar-refractivity contribution in [3.05, 3.63) is 23.0 Å². The van der Waals surface area contributed by atoms with Gasteiger partial charge in [0.2, 0.25) is 0 Å². The zero-order chi connectivity index (χ0) is 10.5. The van der Waals surface area contributed by atoms with Gasteiger partial charge in [-0.05, 0) is 25.3 Å². The SMILES string of the molecule is Fc1cc2c(cc1Cl)NCC1(CCC1)N2. The molecule has 0 aromatic heterocycles. The molecule has 1 aliphatic heterocycles. The third-order valence-corrected chi connectivity index (χ3v) is 3.68. The third-order valence-electron chi connectivity index (χ3n) is 3.39. The van der Waals surface area contributed by atoms with Crippen LogP contribution in [0.25, 0.3) is 0 Å². The summed E-state index contributed by atoms with van der Waals surface area (Å²) < 4.78 is 13.3. The fourth-order valence-corrected chi connectivity index (χ4v) is 2.46. The molecule has 0 amide bonds. The predicted octanol–water partition coefficient (Wildman–Crippen LogP) is 3.24. The van der Waals surface area contributed by atoms with E-state index in [0.717, 1.165) is 30.8 Å². The summed E-state index contributed by atoms with van der Waals surface area (Å²) in [5.74, 6) is -0.360. The molecule has 1 fully saturated rings. The van der Waals surface area contributed by atoms with Crippen molar-refractivity contribution in [2.24, 2.45) is 0 Å². The lowest BCUT2D eigenvalue weighted by atomic mass is 9.75. The van der Waals surface area contributed by atoms with E-state index in [0.29, 0.717) is 0 Å². The number of nitrogens with one attached hydrogen (secondary N) is 2. The van der Waals surface area contributed by atoms with Gasteiger partial charge in [-0.3, -0.25) is 0 Å². The Bertz CT molecular complexity index is 415. The van der Waals surface area contributed by atoms with E-state index in [9.17, 15) is 4.39 Å². The summed E-state index contributed by atoms with van der Waals surface area (Å²) in [5.41, 5.74) is 1.90. The summed E-state index contributed by atoms with van der Waals surface area (Å²) in [4.78, 5) is 0. The molecule has 0 saturated heterocycles. The summed E-state index contributed by atoms with van der Waals surface area (Å²) in [6.07, 6.45) is 3.56. The van der Waals surface area contributed by atoms with E-state index < -0.39 is 0 Å². The second-order valence-corrected chi connectivity index (χ2v) is 4.83. The van der Waals surface area contributed by atoms with Crippen LogP contribution in [-0.4, -0.2) is 12.1 Å². The fourth-order valence-electron chi connectivity index (χ4n) is 2.30. The van der Waals surface area contributed by atoms with Crippen LogP contribution in [0.2, 0.25) is 5.02 Å². The van der Waals surface area contributed by atoms with Gasteiger partial charge in [-0.25, -0.2) is 4.39 Å². The first-order valence-corrected chi connectivity index (χ1v) is 5.57. The number of fused-ring (bicyclic) bond motifs is 1. The Morgan fingerprint density at radius 3 is 2.73 bits per heavy atom. The van der Waals surface area contributed by atoms with E-state index in [2.05, 4.69) is 10.6 Å². The molecule has 1 saturated carbocycles. The van der Waals surface area contributed by atoms with Crippen LogP contribution < -0.4 is 10.6 Å². The monoisotopic (exact) mass is 226 g/mol. The first-order valence-electron chi connectivity index (χ1n) is 5.20. The van der Waals surface area contributed by atoms with Gasteiger partial charge in [0.05, 0.1) is 21.9 Å². The summed E-state index contributed by atoms with van der Waals surface area (Å²) in [7, 11) is 0. The first kappa shape index (κ1) is 9.28. The molecule has 1 aliphatic carbocycles. The molecule has 2 nitrogen and oxygen atoms in total. The maximum Gasteiger partial charge on any atom is 0.143 e. The molecule has 0 unspecified atom stereocenters. The van der Waals surface area contributed by atoms with Gasteiger partial charge >= 0.3 is 0 Å². The lowest BCUT2D eigenvalue weighted by Gasteiger charge is -2.47. The summed E-state index contributed by atoms with van der Waals surface area (Å²) in [5, 5.41) is 6.90. The molecule has 0 bridgehead atoms. The van der Waals surface area contributed by atoms with Gasteiger partial charge < -0.3 is 10.6 Å². The number of halogens is 2. The van der Waals surface area contributed by atoms with Crippen LogP contribution in [-0.2, 0) is 0 Å². The predicted molar refractivity (Wildman–Crippen MR) is 60.1 cm³/mol. The van der Waals surface area contributed by atoms with Crippen molar-refractivity contribution in [3.8, 4) is 0 Å². The van der Waals surface area contributed by atoms with E-state index in [1.165, 1.54) is 12.5 Å². The zero-order valence-corrected chi connectivity index (χ0v) is 8.99. The number of rotatable bonds is 0. The van der Waals surface area contributed by atoms with Crippen LogP contribution in [0.1, 0.15) is 19.3 Å². The number of benzene rings is 1. The Balaban J connectivity index is 1.98. The van der Waals surface area contributed by atoms with E-state index in [1.807, 2.05) is 0 Å². The molecule has 1 heterocycles. The van der Waals surface area contributed by atoms with Gasteiger partial charge in [-0.15, -0.1) is 0 Å². The van der Waals surface area contributed by atoms with Gasteiger partial charge in [-0.1, -0.05) is 11.6 Å². The lowest BCUT2D eigenvalue weighted by Crippen LogP contribution is -2.52. The minimum absolute atomic E-state index is 0.160. The van der Waals surface area contributed by atoms with Crippen LogP contribution in [0.3, 0.4) is 0 Å². The quantitative estimate of drug-likeness (QED) is 0.710. The molecule has 2 aliphatic rings. The zero-order valence-electron chi connectivity index (χ0n) is 8.24. The molecule has 0 atom stereocenters. The van der Waals surface area contributed by atoms with Crippen LogP contribution in [0.5, 0.6) is 0 Å². The van der Waals surface area contributed by atoms with Crippen LogP contribution >= 0.6 is 11.6 Å². The number of hydrogen-bond donors (Lipinski definition) is 2. The van der Waals surface area contributed by atoms with Gasteiger partial charge in [0.25, 0.3) is 0 Å². The van der Waals surface area contributed by atoms with E-state index in [-0.39, 0.29) is 16.4 Å². The molecule has 3 rings (SSSR count). The minimum atomic E-state index is -0.360. The highest BCUT2D eigenvalue weighted by atomic mass is 35.5. The number of hydrogen-bond acceptors (Lipinski definition) is 2. The van der Waals surface area contributed by atoms with Crippen molar-refractivity contribution >= 4 is 23.0 Å². The summed E-state index contributed by atoms with van der Waals surface area (Å²) >= 11 is 5.72. The van der Waals surface area contributed by atoms with Crippen molar-refractivity contribution in [1.82, 2.24) is 0 Å². The van der Waals surface area contributed by atoms with E-state index in [4.69, 9.17) is 11.6 Å². The Morgan fingerprint density at radius 1 is 1.27 bits per heavy atom. The van der Waals surface area contributed by atoms with Gasteiger partial charge in [0.1, 0.15) is 5.82 Å². The summed E-state index contributed by atoms with van der Waals surface area (Å²) in [6, 6.07) is 3.12. The summed E-state index contributed by atoms with van der Waals surface area (Å²) in [6.45, 7) is 0.905. The average Bonchev–Trinajstić information content (AvgIpc) is 2.17. The first-order chi connectivity index (χ1) is 7.19. The third kappa shape index (κ3) is 1.37. The molecular formula is C11H12ClFN2. The van der Waals surface area contributed by atoms with Crippen molar-refractivity contribution in [1.29, 1.82) is 0 Å². The van der Waals surface area contributed by atoms with Crippen LogP contribution in [0.15, 0.2) is 12.1 Å². The fraction of sp³-hybridized carbons (Fsp3) is 0.455. The normalized spacial score (nSPS) is 21.2. The van der Waals surface area contributed by atoms with Gasteiger partial charge in [0, 0.05) is 12.6 Å². The van der Waals surface area contributed by atoms with Crippen molar-refractivity contribution in [2.45, 2.75) is 24.8 Å². The minimum Gasteiger partial charge on any atom is -0.381 e. The molecule has 15 heavy (non-hydrogen) atoms. The average molecular weight is 227 g/mol. The maximum absolute atomic E-state index is 13.3. The topological polar surface area (TPSA) is 24.1 Å². The van der Waals surface area contributed by atoms with Crippen molar-refractivity contribution in [3.63, 3.8) is 0 Å². The van der Waals surface area contributed by atoms with Crippen LogP contribution in [0.4, 0.5) is 15.8 Å². The highest BCUT2D eigenvalue weighted by Crippen LogP contribution is 2.42. The van der Waals surface area contributed by atoms with E-state index >= 15 is 0 Å².